The summed E-state index contributed by atoms with van der Waals surface area (Å²) in [4.78, 5) is 4.88. The summed E-state index contributed by atoms with van der Waals surface area (Å²) in [6.45, 7) is 8.76. The van der Waals surface area contributed by atoms with Gasteiger partial charge in [0.1, 0.15) is 6.61 Å². The molecule has 0 N–H and O–H groups in total. The molecule has 1 saturated heterocycles. The number of benzene rings is 3. The number of aromatic nitrogens is 3. The largest absolute Gasteiger partial charge is 0.369 e. The molecule has 4 aromatic rings. The molecule has 0 saturated carbocycles. The van der Waals surface area contributed by atoms with Crippen molar-refractivity contribution in [1.29, 1.82) is 0 Å². The molecule has 0 bridgehead atoms. The van der Waals surface area contributed by atoms with Crippen LogP contribution in [-0.4, -0.2) is 45.8 Å². The van der Waals surface area contributed by atoms with Crippen LogP contribution in [0.3, 0.4) is 0 Å². The summed E-state index contributed by atoms with van der Waals surface area (Å²) < 4.78 is 8.28. The minimum Gasteiger partial charge on any atom is -0.369 e. The van der Waals surface area contributed by atoms with E-state index in [2.05, 4.69) is 98.2 Å². The third-order valence-electron chi connectivity index (χ3n) is 6.64. The highest BCUT2D eigenvalue weighted by atomic mass is 16.5. The highest BCUT2D eigenvalue weighted by Gasteiger charge is 2.23. The molecule has 0 spiro atoms. The van der Waals surface area contributed by atoms with Gasteiger partial charge in [0.05, 0.1) is 13.2 Å². The van der Waals surface area contributed by atoms with Gasteiger partial charge >= 0.3 is 0 Å². The number of nitrogens with zero attached hydrogens (tertiary/aromatic N) is 5. The summed E-state index contributed by atoms with van der Waals surface area (Å²) in [5.74, 6) is 1.80. The zero-order chi connectivity index (χ0) is 23.9. The van der Waals surface area contributed by atoms with Gasteiger partial charge in [-0.3, -0.25) is 9.47 Å². The molecule has 180 valence electrons. The molecule has 1 aromatic heterocycles. The fourth-order valence-electron chi connectivity index (χ4n) is 4.57. The molecule has 0 amide bonds. The predicted molar refractivity (Wildman–Crippen MR) is 139 cm³/mol. The molecule has 3 aromatic carbocycles. The van der Waals surface area contributed by atoms with E-state index < -0.39 is 0 Å². The summed E-state index contributed by atoms with van der Waals surface area (Å²) in [5, 5.41) is 9.21. The lowest BCUT2D eigenvalue weighted by Crippen LogP contribution is -2.47. The van der Waals surface area contributed by atoms with Crippen LogP contribution >= 0.6 is 0 Å². The molecular weight excluding hydrogens is 434 g/mol. The zero-order valence-electron chi connectivity index (χ0n) is 20.4. The fraction of sp³-hybridized carbons (Fsp3) is 0.310. The Bertz CT molecular complexity index is 1200. The standard InChI is InChI=1S/C29H33N5O/c1-24-10-8-9-15-27(24)21-34-28(23-35-22-26-13-6-3-7-14-26)30-31-29(34)33-18-16-32(17-19-33)20-25-11-4-2-5-12-25/h2-15H,16-23H2,1H3. The minimum atomic E-state index is 0.432. The van der Waals surface area contributed by atoms with E-state index >= 15 is 0 Å². The van der Waals surface area contributed by atoms with Gasteiger partial charge in [-0.25, -0.2) is 0 Å². The molecule has 0 unspecified atom stereocenters. The Labute approximate surface area is 207 Å². The van der Waals surface area contributed by atoms with Gasteiger partial charge in [0, 0.05) is 32.7 Å². The normalized spacial score (nSPS) is 14.4. The maximum Gasteiger partial charge on any atom is 0.227 e. The van der Waals surface area contributed by atoms with Crippen LogP contribution in [0.5, 0.6) is 0 Å². The van der Waals surface area contributed by atoms with Crippen LogP contribution in [0.1, 0.15) is 28.1 Å². The van der Waals surface area contributed by atoms with Crippen molar-refractivity contribution in [2.24, 2.45) is 0 Å². The van der Waals surface area contributed by atoms with Gasteiger partial charge in [0.15, 0.2) is 5.82 Å². The highest BCUT2D eigenvalue weighted by molar-refractivity contribution is 5.35. The topological polar surface area (TPSA) is 46.4 Å². The van der Waals surface area contributed by atoms with Crippen molar-refractivity contribution in [3.05, 3.63) is 113 Å². The van der Waals surface area contributed by atoms with E-state index in [1.807, 2.05) is 18.2 Å². The van der Waals surface area contributed by atoms with Crippen LogP contribution < -0.4 is 4.90 Å². The molecule has 0 atom stereocenters. The van der Waals surface area contributed by atoms with Gasteiger partial charge in [-0.1, -0.05) is 84.9 Å². The zero-order valence-corrected chi connectivity index (χ0v) is 20.4. The van der Waals surface area contributed by atoms with Crippen molar-refractivity contribution in [3.8, 4) is 0 Å². The maximum atomic E-state index is 6.05. The lowest BCUT2D eigenvalue weighted by Gasteiger charge is -2.35. The smallest absolute Gasteiger partial charge is 0.227 e. The van der Waals surface area contributed by atoms with E-state index in [9.17, 15) is 0 Å². The van der Waals surface area contributed by atoms with E-state index in [4.69, 9.17) is 4.74 Å². The molecule has 35 heavy (non-hydrogen) atoms. The number of hydrogen-bond donors (Lipinski definition) is 0. The van der Waals surface area contributed by atoms with Crippen molar-refractivity contribution in [2.45, 2.75) is 33.2 Å². The van der Waals surface area contributed by atoms with E-state index in [0.29, 0.717) is 13.2 Å². The first-order chi connectivity index (χ1) is 17.3. The van der Waals surface area contributed by atoms with Gasteiger partial charge in [0.25, 0.3) is 0 Å². The molecule has 5 rings (SSSR count). The van der Waals surface area contributed by atoms with E-state index in [-0.39, 0.29) is 0 Å². The summed E-state index contributed by atoms with van der Waals surface area (Å²) in [5.41, 5.74) is 5.07. The van der Waals surface area contributed by atoms with Gasteiger partial charge < -0.3 is 9.64 Å². The summed E-state index contributed by atoms with van der Waals surface area (Å²) in [6, 6.07) is 29.5. The van der Waals surface area contributed by atoms with Gasteiger partial charge in [-0.2, -0.15) is 0 Å². The molecule has 0 radical (unpaired) electrons. The Morgan fingerprint density at radius 1 is 0.686 bits per heavy atom. The van der Waals surface area contributed by atoms with Gasteiger partial charge in [-0.15, -0.1) is 10.2 Å². The molecule has 2 heterocycles. The van der Waals surface area contributed by atoms with E-state index in [1.54, 1.807) is 0 Å². The van der Waals surface area contributed by atoms with Crippen LogP contribution in [0.15, 0.2) is 84.9 Å². The minimum absolute atomic E-state index is 0.432. The first-order valence-electron chi connectivity index (χ1n) is 12.4. The second-order valence-corrected chi connectivity index (χ2v) is 9.16. The van der Waals surface area contributed by atoms with Crippen molar-refractivity contribution in [3.63, 3.8) is 0 Å². The summed E-state index contributed by atoms with van der Waals surface area (Å²) >= 11 is 0. The summed E-state index contributed by atoms with van der Waals surface area (Å²) in [6.07, 6.45) is 0. The van der Waals surface area contributed by atoms with Crippen LogP contribution in [0.2, 0.25) is 0 Å². The highest BCUT2D eigenvalue weighted by Crippen LogP contribution is 2.21. The van der Waals surface area contributed by atoms with Crippen LogP contribution in [0.4, 0.5) is 5.95 Å². The monoisotopic (exact) mass is 467 g/mol. The Balaban J connectivity index is 1.29. The van der Waals surface area contributed by atoms with Crippen LogP contribution in [-0.2, 0) is 31.0 Å². The molecular formula is C29H33N5O. The number of aryl methyl sites for hydroxylation is 1. The second kappa shape index (κ2) is 11.3. The number of ether oxygens (including phenoxy) is 1. The van der Waals surface area contributed by atoms with Crippen LogP contribution in [0, 0.1) is 6.92 Å². The molecule has 6 nitrogen and oxygen atoms in total. The third kappa shape index (κ3) is 5.96. The second-order valence-electron chi connectivity index (χ2n) is 9.16. The Morgan fingerprint density at radius 2 is 1.34 bits per heavy atom. The lowest BCUT2D eigenvalue weighted by atomic mass is 10.1. The van der Waals surface area contributed by atoms with Crippen LogP contribution in [0.25, 0.3) is 0 Å². The molecule has 6 heteroatoms. The average molecular weight is 468 g/mol. The molecule has 1 aliphatic rings. The SMILES string of the molecule is Cc1ccccc1Cn1c(COCc2ccccc2)nnc1N1CCN(Cc2ccccc2)CC1. The van der Waals surface area contributed by atoms with E-state index in [0.717, 1.165) is 56.6 Å². The molecule has 1 aliphatic heterocycles. The molecule has 0 aliphatic carbocycles. The lowest BCUT2D eigenvalue weighted by molar-refractivity contribution is 0.0993. The summed E-state index contributed by atoms with van der Waals surface area (Å²) in [7, 11) is 0. The Hall–Kier alpha value is -3.48. The Kier molecular flexibility index (Phi) is 7.51. The number of piperazine rings is 1. The average Bonchev–Trinajstić information content (AvgIpc) is 3.29. The number of hydrogen-bond acceptors (Lipinski definition) is 5. The molecule has 1 fully saturated rings. The Morgan fingerprint density at radius 3 is 2.06 bits per heavy atom. The van der Waals surface area contributed by atoms with Crippen molar-refractivity contribution in [2.75, 3.05) is 31.1 Å². The van der Waals surface area contributed by atoms with Gasteiger partial charge in [0.2, 0.25) is 5.95 Å². The first-order valence-corrected chi connectivity index (χ1v) is 12.4. The van der Waals surface area contributed by atoms with Gasteiger partial charge in [-0.05, 0) is 29.2 Å². The third-order valence-corrected chi connectivity index (χ3v) is 6.64. The van der Waals surface area contributed by atoms with Crippen molar-refractivity contribution < 1.29 is 4.74 Å². The predicted octanol–water partition coefficient (Wildman–Crippen LogP) is 4.67. The number of rotatable bonds is 9. The van der Waals surface area contributed by atoms with Crippen molar-refractivity contribution in [1.82, 2.24) is 19.7 Å². The van der Waals surface area contributed by atoms with Crippen molar-refractivity contribution >= 4 is 5.95 Å². The fourth-order valence-corrected chi connectivity index (χ4v) is 4.57. The van der Waals surface area contributed by atoms with E-state index in [1.165, 1.54) is 16.7 Å². The maximum absolute atomic E-state index is 6.05. The first kappa shape index (κ1) is 23.3. The number of anilines is 1. The quantitative estimate of drug-likeness (QED) is 0.358.